The number of halogens is 2. The fraction of sp³-hybridized carbons (Fsp3) is 0.0588. The third-order valence-electron chi connectivity index (χ3n) is 3.83. The number of hydrogen-bond acceptors (Lipinski definition) is 3. The number of aryl methyl sites for hydroxylation is 1. The molecule has 1 aromatic heterocycles. The van der Waals surface area contributed by atoms with Crippen LogP contribution in [0, 0.1) is 0 Å². The van der Waals surface area contributed by atoms with Crippen molar-refractivity contribution in [1.82, 2.24) is 4.57 Å². The molecule has 3 rings (SSSR count). The summed E-state index contributed by atoms with van der Waals surface area (Å²) in [5.41, 5.74) is 6.85. The minimum atomic E-state index is -1.26. The van der Waals surface area contributed by atoms with Gasteiger partial charge < -0.3 is 15.4 Å². The first kappa shape index (κ1) is 16.5. The van der Waals surface area contributed by atoms with Crippen molar-refractivity contribution in [2.45, 2.75) is 0 Å². The zero-order valence-corrected chi connectivity index (χ0v) is 14.9. The van der Waals surface area contributed by atoms with Gasteiger partial charge in [0.05, 0.1) is 16.8 Å². The molecule has 0 atom stereocenters. The van der Waals surface area contributed by atoms with E-state index in [1.807, 2.05) is 18.2 Å². The van der Waals surface area contributed by atoms with Gasteiger partial charge in [0, 0.05) is 33.1 Å². The van der Waals surface area contributed by atoms with Crippen LogP contribution < -0.4 is 5.73 Å². The van der Waals surface area contributed by atoms with Gasteiger partial charge in [0.15, 0.2) is 0 Å². The third-order valence-corrected chi connectivity index (χ3v) is 4.54. The van der Waals surface area contributed by atoms with E-state index in [0.717, 1.165) is 15.4 Å². The lowest BCUT2D eigenvalue weighted by molar-refractivity contribution is 0.0693. The Morgan fingerprint density at radius 1 is 1.21 bits per heavy atom. The standard InChI is InChI=1S/C17H12BrClN2O3/c1-21-13-3-2-9(18)4-8(13)5-14(21)16(22)15-11(17(23)24)6-10(19)7-12(15)20/h2-7H,20H2,1H3,(H,23,24). The van der Waals surface area contributed by atoms with Gasteiger partial charge in [-0.2, -0.15) is 0 Å². The third kappa shape index (κ3) is 2.68. The monoisotopic (exact) mass is 406 g/mol. The smallest absolute Gasteiger partial charge is 0.336 e. The minimum absolute atomic E-state index is 0.0383. The van der Waals surface area contributed by atoms with Crippen LogP contribution in [0.15, 0.2) is 40.9 Å². The molecule has 0 fully saturated rings. The van der Waals surface area contributed by atoms with Gasteiger partial charge in [-0.3, -0.25) is 4.79 Å². The Kier molecular flexibility index (Phi) is 4.11. The van der Waals surface area contributed by atoms with Crippen LogP contribution in [-0.4, -0.2) is 21.4 Å². The number of carbonyl (C=O) groups is 2. The maximum atomic E-state index is 13.0. The summed E-state index contributed by atoms with van der Waals surface area (Å²) in [7, 11) is 1.75. The Morgan fingerprint density at radius 3 is 2.58 bits per heavy atom. The second-order valence-electron chi connectivity index (χ2n) is 5.34. The van der Waals surface area contributed by atoms with E-state index in [1.165, 1.54) is 12.1 Å². The van der Waals surface area contributed by atoms with Gasteiger partial charge in [0.25, 0.3) is 0 Å². The summed E-state index contributed by atoms with van der Waals surface area (Å²) in [6.07, 6.45) is 0. The number of aromatic nitrogens is 1. The molecule has 0 aliphatic carbocycles. The molecule has 0 saturated carbocycles. The van der Waals surface area contributed by atoms with Crippen molar-refractivity contribution in [3.63, 3.8) is 0 Å². The molecule has 7 heteroatoms. The number of carbonyl (C=O) groups excluding carboxylic acids is 1. The number of rotatable bonds is 3. The van der Waals surface area contributed by atoms with Crippen LogP contribution in [0.4, 0.5) is 5.69 Å². The molecule has 0 aliphatic heterocycles. The zero-order chi connectivity index (χ0) is 17.6. The average Bonchev–Trinajstić information content (AvgIpc) is 2.82. The van der Waals surface area contributed by atoms with Crippen molar-refractivity contribution in [2.24, 2.45) is 7.05 Å². The van der Waals surface area contributed by atoms with Gasteiger partial charge >= 0.3 is 5.97 Å². The summed E-state index contributed by atoms with van der Waals surface area (Å²) >= 11 is 9.26. The first-order valence-corrected chi connectivity index (χ1v) is 8.08. The number of carboxylic acid groups (broad SMARTS) is 1. The van der Waals surface area contributed by atoms with Gasteiger partial charge in [0.2, 0.25) is 5.78 Å². The fourth-order valence-electron chi connectivity index (χ4n) is 2.72. The summed E-state index contributed by atoms with van der Waals surface area (Å²) in [4.78, 5) is 24.4. The number of fused-ring (bicyclic) bond motifs is 1. The maximum Gasteiger partial charge on any atom is 0.336 e. The summed E-state index contributed by atoms with van der Waals surface area (Å²) < 4.78 is 2.60. The Labute approximate surface area is 150 Å². The van der Waals surface area contributed by atoms with Crippen LogP contribution in [0.1, 0.15) is 26.4 Å². The highest BCUT2D eigenvalue weighted by Gasteiger charge is 2.24. The molecule has 0 radical (unpaired) electrons. The van der Waals surface area contributed by atoms with E-state index >= 15 is 0 Å². The molecule has 1 heterocycles. The van der Waals surface area contributed by atoms with Crippen molar-refractivity contribution in [3.05, 3.63) is 62.7 Å². The maximum absolute atomic E-state index is 13.0. The van der Waals surface area contributed by atoms with Crippen molar-refractivity contribution in [3.8, 4) is 0 Å². The number of ketones is 1. The highest BCUT2D eigenvalue weighted by Crippen LogP contribution is 2.29. The summed E-state index contributed by atoms with van der Waals surface area (Å²) in [6.45, 7) is 0. The number of hydrogen-bond donors (Lipinski definition) is 2. The second kappa shape index (κ2) is 5.96. The van der Waals surface area contributed by atoms with Crippen LogP contribution in [-0.2, 0) is 7.05 Å². The molecule has 0 spiro atoms. The highest BCUT2D eigenvalue weighted by atomic mass is 79.9. The number of benzene rings is 2. The Bertz CT molecular complexity index is 1010. The summed E-state index contributed by atoms with van der Waals surface area (Å²) in [5, 5.41) is 10.4. The van der Waals surface area contributed by atoms with Crippen molar-refractivity contribution in [1.29, 1.82) is 0 Å². The number of nitrogens with two attached hydrogens (primary N) is 1. The normalized spacial score (nSPS) is 11.0. The molecule has 24 heavy (non-hydrogen) atoms. The minimum Gasteiger partial charge on any atom is -0.478 e. The van der Waals surface area contributed by atoms with Gasteiger partial charge in [-0.15, -0.1) is 0 Å². The van der Waals surface area contributed by atoms with Crippen molar-refractivity contribution in [2.75, 3.05) is 5.73 Å². The molecule has 2 aromatic carbocycles. The molecule has 0 unspecified atom stereocenters. The number of nitrogens with zero attached hydrogens (tertiary/aromatic N) is 1. The van der Waals surface area contributed by atoms with Gasteiger partial charge in [-0.05, 0) is 36.4 Å². The Balaban J connectivity index is 2.24. The summed E-state index contributed by atoms with van der Waals surface area (Å²) in [6, 6.07) is 9.94. The van der Waals surface area contributed by atoms with Crippen LogP contribution in [0.3, 0.4) is 0 Å². The highest BCUT2D eigenvalue weighted by molar-refractivity contribution is 9.10. The van der Waals surface area contributed by atoms with Crippen LogP contribution in [0.2, 0.25) is 5.02 Å². The van der Waals surface area contributed by atoms with Crippen molar-refractivity contribution < 1.29 is 14.7 Å². The number of aromatic carboxylic acids is 1. The van der Waals surface area contributed by atoms with Crippen molar-refractivity contribution >= 4 is 55.9 Å². The Morgan fingerprint density at radius 2 is 1.92 bits per heavy atom. The first-order chi connectivity index (χ1) is 11.3. The number of anilines is 1. The van der Waals surface area contributed by atoms with Gasteiger partial charge in [-0.25, -0.2) is 4.79 Å². The zero-order valence-electron chi connectivity index (χ0n) is 12.5. The molecular weight excluding hydrogens is 396 g/mol. The number of carboxylic acids is 1. The SMILES string of the molecule is Cn1c(C(=O)c2c(N)cc(Cl)cc2C(=O)O)cc2cc(Br)ccc21. The summed E-state index contributed by atoms with van der Waals surface area (Å²) in [5.74, 6) is -1.72. The van der Waals surface area contributed by atoms with E-state index in [0.29, 0.717) is 5.69 Å². The predicted molar refractivity (Wildman–Crippen MR) is 96.9 cm³/mol. The average molecular weight is 408 g/mol. The van der Waals surface area contributed by atoms with E-state index in [1.54, 1.807) is 17.7 Å². The van der Waals surface area contributed by atoms with E-state index < -0.39 is 11.8 Å². The molecule has 0 amide bonds. The lowest BCUT2D eigenvalue weighted by Crippen LogP contribution is -2.15. The van der Waals surface area contributed by atoms with Gasteiger partial charge in [0.1, 0.15) is 0 Å². The lowest BCUT2D eigenvalue weighted by atomic mass is 9.99. The van der Waals surface area contributed by atoms with Gasteiger partial charge in [-0.1, -0.05) is 27.5 Å². The number of nitrogen functional groups attached to an aromatic ring is 1. The lowest BCUT2D eigenvalue weighted by Gasteiger charge is -2.10. The molecule has 0 aliphatic rings. The molecule has 5 nitrogen and oxygen atoms in total. The first-order valence-electron chi connectivity index (χ1n) is 6.91. The molecule has 0 saturated heterocycles. The van der Waals surface area contributed by atoms with E-state index in [9.17, 15) is 14.7 Å². The van der Waals surface area contributed by atoms with Crippen LogP contribution >= 0.6 is 27.5 Å². The fourth-order valence-corrected chi connectivity index (χ4v) is 3.32. The van der Waals surface area contributed by atoms with Crippen LogP contribution in [0.25, 0.3) is 10.9 Å². The second-order valence-corrected chi connectivity index (χ2v) is 6.70. The largest absolute Gasteiger partial charge is 0.478 e. The quantitative estimate of drug-likeness (QED) is 0.505. The van der Waals surface area contributed by atoms with E-state index in [4.69, 9.17) is 17.3 Å². The molecule has 3 N–H and O–H groups in total. The molecular formula is C17H12BrClN2O3. The van der Waals surface area contributed by atoms with Crippen LogP contribution in [0.5, 0.6) is 0 Å². The molecule has 3 aromatic rings. The van der Waals surface area contributed by atoms with E-state index in [-0.39, 0.29) is 21.8 Å². The predicted octanol–water partition coefficient (Wildman–Crippen LogP) is 4.11. The topological polar surface area (TPSA) is 85.3 Å². The van der Waals surface area contributed by atoms with E-state index in [2.05, 4.69) is 15.9 Å². The Hall–Kier alpha value is -2.31. The molecule has 122 valence electrons. The molecule has 0 bridgehead atoms.